The second-order valence-corrected chi connectivity index (χ2v) is 6.02. The number of carboxylic acid groups (broad SMARTS) is 1. The van der Waals surface area contributed by atoms with Gasteiger partial charge in [-0.1, -0.05) is 29.3 Å². The van der Waals surface area contributed by atoms with Gasteiger partial charge in [-0.15, -0.1) is 0 Å². The van der Waals surface area contributed by atoms with Crippen LogP contribution < -0.4 is 5.32 Å². The average Bonchev–Trinajstić information content (AvgIpc) is 2.50. The van der Waals surface area contributed by atoms with E-state index in [1.54, 1.807) is 18.2 Å². The van der Waals surface area contributed by atoms with E-state index in [0.717, 1.165) is 5.56 Å². The molecule has 0 aliphatic carbocycles. The van der Waals surface area contributed by atoms with E-state index in [2.05, 4.69) is 5.32 Å². The molecule has 23 heavy (non-hydrogen) atoms. The molecule has 1 heterocycles. The van der Waals surface area contributed by atoms with Gasteiger partial charge in [-0.25, -0.2) is 4.79 Å². The lowest BCUT2D eigenvalue weighted by Gasteiger charge is -2.31. The van der Waals surface area contributed by atoms with Gasteiger partial charge in [0.05, 0.1) is 35.2 Å². The maximum absolute atomic E-state index is 12.1. The van der Waals surface area contributed by atoms with Crippen LogP contribution in [0.4, 0.5) is 0 Å². The van der Waals surface area contributed by atoms with Crippen LogP contribution in [0.2, 0.25) is 10.0 Å². The zero-order valence-electron chi connectivity index (χ0n) is 12.3. The molecule has 126 valence electrons. The number of ether oxygens (including phenoxy) is 2. The quantitative estimate of drug-likeness (QED) is 0.808. The molecule has 1 aliphatic heterocycles. The van der Waals surface area contributed by atoms with E-state index in [-0.39, 0.29) is 31.1 Å². The Hall–Kier alpha value is -1.34. The molecule has 6 nitrogen and oxygen atoms in total. The third-order valence-electron chi connectivity index (χ3n) is 3.41. The lowest BCUT2D eigenvalue weighted by molar-refractivity contribution is -0.148. The van der Waals surface area contributed by atoms with Crippen LogP contribution >= 0.6 is 23.2 Å². The summed E-state index contributed by atoms with van der Waals surface area (Å²) in [6.45, 7) is 0.366. The first kappa shape index (κ1) is 18.0. The van der Waals surface area contributed by atoms with Gasteiger partial charge in [0.1, 0.15) is 6.61 Å². The molecule has 1 amide bonds. The van der Waals surface area contributed by atoms with Crippen LogP contribution in [0.15, 0.2) is 18.2 Å². The Bertz CT molecular complexity index is 581. The van der Waals surface area contributed by atoms with E-state index < -0.39 is 12.6 Å². The second kappa shape index (κ2) is 8.49. The molecule has 0 radical (unpaired) electrons. The second-order valence-electron chi connectivity index (χ2n) is 5.21. The summed E-state index contributed by atoms with van der Waals surface area (Å²) in [4.78, 5) is 22.8. The minimum absolute atomic E-state index is 0.138. The Labute approximate surface area is 143 Å². The molecule has 2 atom stereocenters. The Kier molecular flexibility index (Phi) is 6.65. The molecule has 0 saturated carbocycles. The smallest absolute Gasteiger partial charge is 0.329 e. The van der Waals surface area contributed by atoms with Crippen molar-refractivity contribution in [1.82, 2.24) is 5.32 Å². The lowest BCUT2D eigenvalue weighted by atomic mass is 10.1. The van der Waals surface area contributed by atoms with Crippen molar-refractivity contribution in [2.75, 3.05) is 19.8 Å². The molecule has 2 rings (SSSR count). The van der Waals surface area contributed by atoms with Crippen molar-refractivity contribution in [3.05, 3.63) is 33.8 Å². The summed E-state index contributed by atoms with van der Waals surface area (Å²) in [7, 11) is 0. The minimum atomic E-state index is -1.04. The number of hydrogen-bond donors (Lipinski definition) is 2. The highest BCUT2D eigenvalue weighted by Crippen LogP contribution is 2.22. The normalized spacial score (nSPS) is 21.0. The Morgan fingerprint density at radius 3 is 2.83 bits per heavy atom. The summed E-state index contributed by atoms with van der Waals surface area (Å²) in [5.74, 6) is -1.26. The molecule has 1 fully saturated rings. The number of hydrogen-bond acceptors (Lipinski definition) is 4. The molecule has 2 N–H and O–H groups in total. The van der Waals surface area contributed by atoms with Crippen LogP contribution in [0.25, 0.3) is 0 Å². The fourth-order valence-corrected chi connectivity index (χ4v) is 2.64. The van der Waals surface area contributed by atoms with Gasteiger partial charge in [0.25, 0.3) is 0 Å². The summed E-state index contributed by atoms with van der Waals surface area (Å²) in [5, 5.41) is 12.3. The summed E-state index contributed by atoms with van der Waals surface area (Å²) >= 11 is 11.8. The molecule has 1 aliphatic rings. The number of benzene rings is 1. The predicted molar refractivity (Wildman–Crippen MR) is 84.9 cm³/mol. The van der Waals surface area contributed by atoms with Crippen LogP contribution in [0.1, 0.15) is 12.0 Å². The fourth-order valence-electron chi connectivity index (χ4n) is 2.32. The topological polar surface area (TPSA) is 84.9 Å². The first-order chi connectivity index (χ1) is 11.0. The van der Waals surface area contributed by atoms with Gasteiger partial charge < -0.3 is 19.9 Å². The van der Waals surface area contributed by atoms with Gasteiger partial charge in [0, 0.05) is 6.61 Å². The third-order valence-corrected chi connectivity index (χ3v) is 4.15. The van der Waals surface area contributed by atoms with E-state index in [9.17, 15) is 9.59 Å². The molecule has 1 aromatic carbocycles. The summed E-state index contributed by atoms with van der Waals surface area (Å²) in [6.07, 6.45) is 0.293. The van der Waals surface area contributed by atoms with Crippen LogP contribution in [-0.4, -0.2) is 48.9 Å². The first-order valence-electron chi connectivity index (χ1n) is 7.10. The Morgan fingerprint density at radius 2 is 2.13 bits per heavy atom. The predicted octanol–water partition coefficient (Wildman–Crippen LogP) is 1.91. The van der Waals surface area contributed by atoms with Crippen molar-refractivity contribution >= 4 is 35.1 Å². The molecule has 0 spiro atoms. The van der Waals surface area contributed by atoms with Crippen molar-refractivity contribution in [1.29, 1.82) is 0 Å². The monoisotopic (exact) mass is 361 g/mol. The fraction of sp³-hybridized carbons (Fsp3) is 0.467. The molecule has 1 aromatic rings. The van der Waals surface area contributed by atoms with E-state index in [1.165, 1.54) is 0 Å². The van der Waals surface area contributed by atoms with Crippen molar-refractivity contribution in [2.45, 2.75) is 25.0 Å². The molecular weight excluding hydrogens is 345 g/mol. The average molecular weight is 362 g/mol. The Morgan fingerprint density at radius 1 is 1.35 bits per heavy atom. The summed E-state index contributed by atoms with van der Waals surface area (Å²) in [6, 6.07) is 4.62. The summed E-state index contributed by atoms with van der Waals surface area (Å²) in [5.41, 5.74) is 0.733. The van der Waals surface area contributed by atoms with Gasteiger partial charge in [0.15, 0.2) is 0 Å². The van der Waals surface area contributed by atoms with Crippen LogP contribution in [0.3, 0.4) is 0 Å². The number of nitrogens with one attached hydrogen (secondary N) is 1. The SMILES string of the molecule is O=C(O)CO[C@H]1CCOC[C@H]1NC(=O)Cc1ccc(Cl)c(Cl)c1. The van der Waals surface area contributed by atoms with Gasteiger partial charge in [-0.05, 0) is 24.1 Å². The number of carbonyl (C=O) groups is 2. The highest BCUT2D eigenvalue weighted by Gasteiger charge is 2.28. The zero-order chi connectivity index (χ0) is 16.8. The van der Waals surface area contributed by atoms with E-state index in [1.807, 2.05) is 0 Å². The van der Waals surface area contributed by atoms with E-state index >= 15 is 0 Å². The van der Waals surface area contributed by atoms with Gasteiger partial charge in [0.2, 0.25) is 5.91 Å². The molecule has 1 saturated heterocycles. The largest absolute Gasteiger partial charge is 0.480 e. The van der Waals surface area contributed by atoms with Gasteiger partial charge in [-0.3, -0.25) is 4.79 Å². The first-order valence-corrected chi connectivity index (χ1v) is 7.85. The highest BCUT2D eigenvalue weighted by molar-refractivity contribution is 6.42. The van der Waals surface area contributed by atoms with Crippen molar-refractivity contribution < 1.29 is 24.2 Å². The lowest BCUT2D eigenvalue weighted by Crippen LogP contribution is -2.51. The number of aliphatic carboxylic acids is 1. The Balaban J connectivity index is 1.91. The van der Waals surface area contributed by atoms with Gasteiger partial charge >= 0.3 is 5.97 Å². The van der Waals surface area contributed by atoms with Crippen LogP contribution in [0.5, 0.6) is 0 Å². The van der Waals surface area contributed by atoms with E-state index in [0.29, 0.717) is 23.1 Å². The number of halogens is 2. The molecular formula is C15H17Cl2NO5. The minimum Gasteiger partial charge on any atom is -0.480 e. The number of amides is 1. The van der Waals surface area contributed by atoms with Crippen LogP contribution in [-0.2, 0) is 25.5 Å². The van der Waals surface area contributed by atoms with Gasteiger partial charge in [-0.2, -0.15) is 0 Å². The van der Waals surface area contributed by atoms with Crippen LogP contribution in [0, 0.1) is 0 Å². The highest BCUT2D eigenvalue weighted by atomic mass is 35.5. The van der Waals surface area contributed by atoms with Crippen molar-refractivity contribution in [2.24, 2.45) is 0 Å². The number of carbonyl (C=O) groups excluding carboxylic acids is 1. The zero-order valence-corrected chi connectivity index (χ0v) is 13.8. The van der Waals surface area contributed by atoms with E-state index in [4.69, 9.17) is 37.8 Å². The number of carboxylic acids is 1. The van der Waals surface area contributed by atoms with Crippen molar-refractivity contribution in [3.63, 3.8) is 0 Å². The molecule has 0 aromatic heterocycles. The summed E-state index contributed by atoms with van der Waals surface area (Å²) < 4.78 is 10.6. The number of rotatable bonds is 6. The molecule has 0 bridgehead atoms. The standard InChI is InChI=1S/C15H17Cl2NO5/c16-10-2-1-9(5-11(10)17)6-14(19)18-12-7-22-4-3-13(12)23-8-15(20)21/h1-2,5,12-13H,3-4,6-8H2,(H,18,19)(H,20,21)/t12-,13+/m1/s1. The maximum atomic E-state index is 12.1. The molecule has 8 heteroatoms. The van der Waals surface area contributed by atoms with Crippen molar-refractivity contribution in [3.8, 4) is 0 Å². The third kappa shape index (κ3) is 5.66. The maximum Gasteiger partial charge on any atom is 0.329 e. The molecule has 0 unspecified atom stereocenters.